The molecule has 21 heavy (non-hydrogen) atoms. The minimum Gasteiger partial charge on any atom is -0.490 e. The van der Waals surface area contributed by atoms with E-state index in [2.05, 4.69) is 5.32 Å². The van der Waals surface area contributed by atoms with Crippen LogP contribution in [-0.2, 0) is 0 Å². The molecule has 114 valence electrons. The van der Waals surface area contributed by atoms with Gasteiger partial charge >= 0.3 is 0 Å². The zero-order valence-corrected chi connectivity index (χ0v) is 12.6. The molecule has 0 saturated heterocycles. The predicted molar refractivity (Wildman–Crippen MR) is 77.9 cm³/mol. The lowest BCUT2D eigenvalue weighted by molar-refractivity contribution is 0.0957. The van der Waals surface area contributed by atoms with E-state index in [1.807, 2.05) is 26.8 Å². The summed E-state index contributed by atoms with van der Waals surface area (Å²) < 4.78 is 16.6. The van der Waals surface area contributed by atoms with Crippen LogP contribution in [0.2, 0.25) is 0 Å². The van der Waals surface area contributed by atoms with Crippen LogP contribution in [0, 0.1) is 11.3 Å². The summed E-state index contributed by atoms with van der Waals surface area (Å²) in [6, 6.07) is 5.03. The maximum absolute atomic E-state index is 12.0. The Balaban J connectivity index is 3.21. The van der Waals surface area contributed by atoms with Crippen LogP contribution < -0.4 is 19.5 Å². The lowest BCUT2D eigenvalue weighted by Gasteiger charge is -2.16. The third-order valence-electron chi connectivity index (χ3n) is 2.50. The largest absolute Gasteiger partial charge is 0.490 e. The smallest absolute Gasteiger partial charge is 0.252 e. The number of carbonyl (C=O) groups is 1. The Hall–Kier alpha value is -2.42. The summed E-state index contributed by atoms with van der Waals surface area (Å²) in [5.41, 5.74) is 0.362. The van der Waals surface area contributed by atoms with Crippen LogP contribution in [0.25, 0.3) is 0 Å². The molecule has 0 aliphatic heterocycles. The Morgan fingerprint density at radius 2 is 1.62 bits per heavy atom. The summed E-state index contributed by atoms with van der Waals surface area (Å²) in [4.78, 5) is 12.0. The van der Waals surface area contributed by atoms with Crippen molar-refractivity contribution in [3.8, 4) is 23.3 Å². The van der Waals surface area contributed by atoms with E-state index in [9.17, 15) is 4.79 Å². The highest BCUT2D eigenvalue weighted by Crippen LogP contribution is 2.39. The number of rotatable bonds is 8. The fourth-order valence-electron chi connectivity index (χ4n) is 1.74. The third kappa shape index (κ3) is 4.56. The Kier molecular flexibility index (Phi) is 6.88. The van der Waals surface area contributed by atoms with Gasteiger partial charge in [-0.3, -0.25) is 4.79 Å². The third-order valence-corrected chi connectivity index (χ3v) is 2.50. The molecule has 0 aliphatic carbocycles. The Morgan fingerprint density at radius 1 is 1.10 bits per heavy atom. The maximum Gasteiger partial charge on any atom is 0.252 e. The van der Waals surface area contributed by atoms with Crippen LogP contribution in [0.3, 0.4) is 0 Å². The lowest BCUT2D eigenvalue weighted by atomic mass is 10.1. The number of hydrogen-bond donors (Lipinski definition) is 1. The zero-order chi connectivity index (χ0) is 15.7. The second-order valence-electron chi connectivity index (χ2n) is 3.94. The number of nitrogens with one attached hydrogen (secondary N) is 1. The van der Waals surface area contributed by atoms with Gasteiger partial charge < -0.3 is 19.5 Å². The van der Waals surface area contributed by atoms with Crippen LogP contribution in [0.4, 0.5) is 0 Å². The average Bonchev–Trinajstić information content (AvgIpc) is 2.48. The highest BCUT2D eigenvalue weighted by molar-refractivity contribution is 5.95. The number of benzene rings is 1. The van der Waals surface area contributed by atoms with Gasteiger partial charge in [0.15, 0.2) is 11.5 Å². The van der Waals surface area contributed by atoms with Gasteiger partial charge in [0.25, 0.3) is 5.91 Å². The lowest BCUT2D eigenvalue weighted by Crippen LogP contribution is -2.23. The van der Waals surface area contributed by atoms with Gasteiger partial charge in [-0.05, 0) is 32.9 Å². The van der Waals surface area contributed by atoms with Crippen LogP contribution in [0.15, 0.2) is 12.1 Å². The van der Waals surface area contributed by atoms with Gasteiger partial charge in [-0.1, -0.05) is 0 Å². The molecule has 1 rings (SSSR count). The van der Waals surface area contributed by atoms with E-state index >= 15 is 0 Å². The van der Waals surface area contributed by atoms with E-state index in [0.29, 0.717) is 42.6 Å². The second-order valence-corrected chi connectivity index (χ2v) is 3.94. The van der Waals surface area contributed by atoms with Gasteiger partial charge in [0.2, 0.25) is 5.75 Å². The van der Waals surface area contributed by atoms with E-state index in [-0.39, 0.29) is 12.5 Å². The molecule has 0 saturated carbocycles. The SMILES string of the molecule is CCOc1cc(C(=O)NCC#N)cc(OCC)c1OCC. The normalized spacial score (nSPS) is 9.62. The quantitative estimate of drug-likeness (QED) is 0.742. The summed E-state index contributed by atoms with van der Waals surface area (Å²) in [6.07, 6.45) is 0. The highest BCUT2D eigenvalue weighted by Gasteiger charge is 2.18. The first-order valence-corrected chi connectivity index (χ1v) is 6.89. The number of carbonyl (C=O) groups excluding carboxylic acids is 1. The van der Waals surface area contributed by atoms with E-state index in [4.69, 9.17) is 19.5 Å². The highest BCUT2D eigenvalue weighted by atomic mass is 16.5. The molecule has 6 heteroatoms. The van der Waals surface area contributed by atoms with E-state index in [0.717, 1.165) is 0 Å². The van der Waals surface area contributed by atoms with Crippen molar-refractivity contribution >= 4 is 5.91 Å². The fraction of sp³-hybridized carbons (Fsp3) is 0.467. The van der Waals surface area contributed by atoms with Gasteiger partial charge in [-0.2, -0.15) is 5.26 Å². The summed E-state index contributed by atoms with van der Waals surface area (Å²) in [7, 11) is 0. The van der Waals surface area contributed by atoms with Gasteiger partial charge in [-0.15, -0.1) is 0 Å². The molecule has 0 aromatic heterocycles. The van der Waals surface area contributed by atoms with Crippen LogP contribution in [0.1, 0.15) is 31.1 Å². The van der Waals surface area contributed by atoms with Crippen LogP contribution in [0.5, 0.6) is 17.2 Å². The van der Waals surface area contributed by atoms with E-state index in [1.54, 1.807) is 12.1 Å². The molecule has 6 nitrogen and oxygen atoms in total. The predicted octanol–water partition coefficient (Wildman–Crippen LogP) is 2.14. The molecule has 0 fully saturated rings. The molecule has 0 aliphatic rings. The Bertz CT molecular complexity index is 496. The summed E-state index contributed by atoms with van der Waals surface area (Å²) in [6.45, 7) is 6.83. The van der Waals surface area contributed by atoms with Crippen molar-refractivity contribution in [2.24, 2.45) is 0 Å². The van der Waals surface area contributed by atoms with Crippen molar-refractivity contribution in [2.75, 3.05) is 26.4 Å². The van der Waals surface area contributed by atoms with Gasteiger partial charge in [0.1, 0.15) is 6.54 Å². The van der Waals surface area contributed by atoms with Crippen molar-refractivity contribution in [2.45, 2.75) is 20.8 Å². The zero-order valence-electron chi connectivity index (χ0n) is 12.6. The molecule has 1 aromatic rings. The number of nitrogens with zero attached hydrogens (tertiary/aromatic N) is 1. The van der Waals surface area contributed by atoms with Gasteiger partial charge in [0, 0.05) is 5.56 Å². The first-order valence-electron chi connectivity index (χ1n) is 6.89. The van der Waals surface area contributed by atoms with Gasteiger partial charge in [-0.25, -0.2) is 0 Å². The molecule has 1 aromatic carbocycles. The van der Waals surface area contributed by atoms with Crippen molar-refractivity contribution in [3.63, 3.8) is 0 Å². The summed E-state index contributed by atoms with van der Waals surface area (Å²) >= 11 is 0. The molecule has 0 heterocycles. The van der Waals surface area contributed by atoms with Crippen molar-refractivity contribution in [3.05, 3.63) is 17.7 Å². The number of amides is 1. The topological polar surface area (TPSA) is 80.6 Å². The molecule has 1 amide bonds. The number of ether oxygens (including phenoxy) is 3. The minimum absolute atomic E-state index is 0.0556. The molecule has 0 unspecified atom stereocenters. The Labute approximate surface area is 124 Å². The monoisotopic (exact) mass is 292 g/mol. The van der Waals surface area contributed by atoms with Crippen LogP contribution >= 0.6 is 0 Å². The first-order chi connectivity index (χ1) is 10.2. The Morgan fingerprint density at radius 3 is 2.05 bits per heavy atom. The molecule has 0 spiro atoms. The van der Waals surface area contributed by atoms with Crippen molar-refractivity contribution in [1.29, 1.82) is 5.26 Å². The molecular weight excluding hydrogens is 272 g/mol. The van der Waals surface area contributed by atoms with E-state index < -0.39 is 0 Å². The van der Waals surface area contributed by atoms with E-state index in [1.165, 1.54) is 0 Å². The molecule has 1 N–H and O–H groups in total. The van der Waals surface area contributed by atoms with Gasteiger partial charge in [0.05, 0.1) is 25.9 Å². The van der Waals surface area contributed by atoms with Crippen molar-refractivity contribution < 1.29 is 19.0 Å². The number of nitriles is 1. The van der Waals surface area contributed by atoms with Crippen molar-refractivity contribution in [1.82, 2.24) is 5.32 Å². The standard InChI is InChI=1S/C15H20N2O4/c1-4-19-12-9-11(15(18)17-8-7-16)10-13(20-5-2)14(12)21-6-3/h9-10H,4-6,8H2,1-3H3,(H,17,18). The van der Waals surface area contributed by atoms with Crippen LogP contribution in [-0.4, -0.2) is 32.3 Å². The molecular formula is C15H20N2O4. The average molecular weight is 292 g/mol. The second kappa shape index (κ2) is 8.69. The summed E-state index contributed by atoms with van der Waals surface area (Å²) in [5, 5.41) is 11.0. The maximum atomic E-state index is 12.0. The molecule has 0 bridgehead atoms. The fourth-order valence-corrected chi connectivity index (χ4v) is 1.74. The minimum atomic E-state index is -0.360. The first kappa shape index (κ1) is 16.6. The molecule has 0 atom stereocenters. The molecule has 0 radical (unpaired) electrons. The summed E-state index contributed by atoms with van der Waals surface area (Å²) in [5.74, 6) is 1.03. The number of hydrogen-bond acceptors (Lipinski definition) is 5.